The molecule has 1 aliphatic heterocycles. The first kappa shape index (κ1) is 14.1. The predicted molar refractivity (Wildman–Crippen MR) is 81.2 cm³/mol. The Bertz CT molecular complexity index is 698. The number of amides is 3. The zero-order valence-electron chi connectivity index (χ0n) is 12.1. The fraction of sp³-hybridized carbons (Fsp3) is 0.176. The molecule has 1 unspecified atom stereocenters. The minimum absolute atomic E-state index is 0.351. The fourth-order valence-electron chi connectivity index (χ4n) is 2.37. The minimum atomic E-state index is -1.03. The Morgan fingerprint density at radius 2 is 1.68 bits per heavy atom. The van der Waals surface area contributed by atoms with E-state index in [1.165, 1.54) is 0 Å². The lowest BCUT2D eigenvalue weighted by Gasteiger charge is -2.21. The van der Waals surface area contributed by atoms with Crippen LogP contribution in [0.3, 0.4) is 0 Å². The van der Waals surface area contributed by atoms with Crippen molar-refractivity contribution in [3.63, 3.8) is 0 Å². The molecule has 0 aliphatic carbocycles. The van der Waals surface area contributed by atoms with E-state index >= 15 is 0 Å². The van der Waals surface area contributed by atoms with Gasteiger partial charge in [0.15, 0.2) is 0 Å². The lowest BCUT2D eigenvalue weighted by Crippen LogP contribution is -2.40. The summed E-state index contributed by atoms with van der Waals surface area (Å²) in [5.41, 5.74) is 0.763. The lowest BCUT2D eigenvalue weighted by atomic mass is 9.92. The van der Waals surface area contributed by atoms with Crippen LogP contribution in [0, 0.1) is 0 Å². The summed E-state index contributed by atoms with van der Waals surface area (Å²) >= 11 is 0. The van der Waals surface area contributed by atoms with Crippen LogP contribution >= 0.6 is 0 Å². The Kier molecular flexibility index (Phi) is 3.55. The number of urea groups is 1. The van der Waals surface area contributed by atoms with Crippen LogP contribution in [0.2, 0.25) is 0 Å². The van der Waals surface area contributed by atoms with Crippen molar-refractivity contribution in [2.45, 2.75) is 19.1 Å². The van der Waals surface area contributed by atoms with Crippen molar-refractivity contribution in [3.05, 3.63) is 65.7 Å². The van der Waals surface area contributed by atoms with E-state index in [1.807, 2.05) is 30.3 Å². The molecular weight excluding hydrogens is 280 g/mol. The van der Waals surface area contributed by atoms with E-state index in [2.05, 4.69) is 10.6 Å². The molecule has 0 aromatic heterocycles. The summed E-state index contributed by atoms with van der Waals surface area (Å²) in [4.78, 5) is 23.2. The number of carbonyl (C=O) groups excluding carboxylic acids is 2. The van der Waals surface area contributed by atoms with Crippen LogP contribution in [0.5, 0.6) is 5.75 Å². The summed E-state index contributed by atoms with van der Waals surface area (Å²) in [7, 11) is 0. The Labute approximate surface area is 128 Å². The van der Waals surface area contributed by atoms with Crippen LogP contribution in [0.25, 0.3) is 0 Å². The topological polar surface area (TPSA) is 67.4 Å². The summed E-state index contributed by atoms with van der Waals surface area (Å²) in [6.07, 6.45) is 0. The van der Waals surface area contributed by atoms with Crippen LogP contribution in [-0.2, 0) is 16.9 Å². The number of imide groups is 1. The molecule has 0 saturated carbocycles. The van der Waals surface area contributed by atoms with Gasteiger partial charge in [0, 0.05) is 0 Å². The van der Waals surface area contributed by atoms with E-state index in [0.29, 0.717) is 17.9 Å². The summed E-state index contributed by atoms with van der Waals surface area (Å²) in [5.74, 6) is 0.358. The van der Waals surface area contributed by atoms with Crippen molar-refractivity contribution in [3.8, 4) is 5.75 Å². The molecule has 1 heterocycles. The molecule has 112 valence electrons. The number of hydrogen-bond donors (Lipinski definition) is 2. The molecule has 2 N–H and O–H groups in total. The predicted octanol–water partition coefficient (Wildman–Crippen LogP) is 2.32. The van der Waals surface area contributed by atoms with E-state index in [4.69, 9.17) is 4.74 Å². The second kappa shape index (κ2) is 5.52. The third-order valence-corrected chi connectivity index (χ3v) is 3.72. The minimum Gasteiger partial charge on any atom is -0.489 e. The molecule has 3 amide bonds. The molecule has 2 aromatic carbocycles. The molecule has 1 saturated heterocycles. The Morgan fingerprint density at radius 1 is 1.00 bits per heavy atom. The highest BCUT2D eigenvalue weighted by Gasteiger charge is 2.43. The highest BCUT2D eigenvalue weighted by Crippen LogP contribution is 2.26. The van der Waals surface area contributed by atoms with Crippen LogP contribution < -0.4 is 15.4 Å². The van der Waals surface area contributed by atoms with Crippen molar-refractivity contribution in [2.75, 3.05) is 0 Å². The van der Waals surface area contributed by atoms with Crippen LogP contribution in [0.15, 0.2) is 54.6 Å². The van der Waals surface area contributed by atoms with Gasteiger partial charge in [-0.1, -0.05) is 42.5 Å². The Morgan fingerprint density at radius 3 is 2.27 bits per heavy atom. The first-order chi connectivity index (χ1) is 10.6. The molecule has 3 rings (SSSR count). The summed E-state index contributed by atoms with van der Waals surface area (Å²) in [6, 6.07) is 16.5. The van der Waals surface area contributed by atoms with Gasteiger partial charge in [-0.2, -0.15) is 0 Å². The zero-order valence-corrected chi connectivity index (χ0v) is 12.1. The molecule has 22 heavy (non-hydrogen) atoms. The number of nitrogens with one attached hydrogen (secondary N) is 2. The molecule has 1 fully saturated rings. The van der Waals surface area contributed by atoms with E-state index in [0.717, 1.165) is 5.56 Å². The number of rotatable bonds is 4. The van der Waals surface area contributed by atoms with Crippen molar-refractivity contribution in [2.24, 2.45) is 0 Å². The van der Waals surface area contributed by atoms with E-state index < -0.39 is 11.6 Å². The Balaban J connectivity index is 1.71. The van der Waals surface area contributed by atoms with E-state index in [9.17, 15) is 9.59 Å². The van der Waals surface area contributed by atoms with Crippen molar-refractivity contribution < 1.29 is 14.3 Å². The summed E-state index contributed by atoms with van der Waals surface area (Å²) in [5, 5.41) is 4.88. The normalized spacial score (nSPS) is 20.4. The first-order valence-electron chi connectivity index (χ1n) is 6.99. The number of hydrogen-bond acceptors (Lipinski definition) is 3. The monoisotopic (exact) mass is 296 g/mol. The average Bonchev–Trinajstić information content (AvgIpc) is 2.80. The fourth-order valence-corrected chi connectivity index (χ4v) is 2.37. The van der Waals surface area contributed by atoms with Gasteiger partial charge in [-0.05, 0) is 30.2 Å². The third-order valence-electron chi connectivity index (χ3n) is 3.72. The van der Waals surface area contributed by atoms with Gasteiger partial charge in [0.25, 0.3) is 5.91 Å². The van der Waals surface area contributed by atoms with Crippen molar-refractivity contribution in [1.82, 2.24) is 10.6 Å². The summed E-state index contributed by atoms with van der Waals surface area (Å²) in [6.45, 7) is 2.15. The van der Waals surface area contributed by atoms with Gasteiger partial charge >= 0.3 is 6.03 Å². The molecular formula is C17H16N2O3. The molecule has 5 heteroatoms. The highest BCUT2D eigenvalue weighted by atomic mass is 16.5. The third kappa shape index (κ3) is 2.65. The average molecular weight is 296 g/mol. The maximum atomic E-state index is 11.9. The maximum Gasteiger partial charge on any atom is 0.322 e. The smallest absolute Gasteiger partial charge is 0.322 e. The number of ether oxygens (including phenoxy) is 1. The zero-order chi connectivity index (χ0) is 15.6. The van der Waals surface area contributed by atoms with Gasteiger partial charge in [0.1, 0.15) is 17.9 Å². The number of benzene rings is 2. The largest absolute Gasteiger partial charge is 0.489 e. The molecule has 1 atom stereocenters. The molecule has 0 radical (unpaired) electrons. The maximum absolute atomic E-state index is 11.9. The SMILES string of the molecule is CC1(c2ccc(OCc3ccccc3)cc2)NC(=O)NC1=O. The van der Waals surface area contributed by atoms with Gasteiger partial charge in [-0.3, -0.25) is 10.1 Å². The van der Waals surface area contributed by atoms with Crippen molar-refractivity contribution in [1.29, 1.82) is 0 Å². The van der Waals surface area contributed by atoms with E-state index in [-0.39, 0.29) is 5.91 Å². The summed E-state index contributed by atoms with van der Waals surface area (Å²) < 4.78 is 5.70. The van der Waals surface area contributed by atoms with Gasteiger partial charge in [0.05, 0.1) is 0 Å². The molecule has 1 aliphatic rings. The van der Waals surface area contributed by atoms with Gasteiger partial charge < -0.3 is 10.1 Å². The van der Waals surface area contributed by atoms with Crippen LogP contribution in [-0.4, -0.2) is 11.9 Å². The number of carbonyl (C=O) groups is 2. The molecule has 0 bridgehead atoms. The lowest BCUT2D eigenvalue weighted by molar-refractivity contribution is -0.123. The quantitative estimate of drug-likeness (QED) is 0.851. The molecule has 0 spiro atoms. The highest BCUT2D eigenvalue weighted by molar-refractivity contribution is 6.07. The van der Waals surface area contributed by atoms with E-state index in [1.54, 1.807) is 31.2 Å². The first-order valence-corrected chi connectivity index (χ1v) is 6.99. The van der Waals surface area contributed by atoms with Crippen LogP contribution in [0.4, 0.5) is 4.79 Å². The Hall–Kier alpha value is -2.82. The second-order valence-corrected chi connectivity index (χ2v) is 5.33. The van der Waals surface area contributed by atoms with Crippen LogP contribution in [0.1, 0.15) is 18.1 Å². The molecule has 2 aromatic rings. The van der Waals surface area contributed by atoms with Crippen molar-refractivity contribution >= 4 is 11.9 Å². The molecule has 5 nitrogen and oxygen atoms in total. The standard InChI is InChI=1S/C17H16N2O3/c1-17(15(20)18-16(21)19-17)13-7-9-14(10-8-13)22-11-12-5-3-2-4-6-12/h2-10H,11H2,1H3,(H2,18,19,20,21). The second-order valence-electron chi connectivity index (χ2n) is 5.33. The van der Waals surface area contributed by atoms with Gasteiger partial charge in [-0.15, -0.1) is 0 Å². The van der Waals surface area contributed by atoms with Gasteiger partial charge in [0.2, 0.25) is 0 Å². The van der Waals surface area contributed by atoms with Gasteiger partial charge in [-0.25, -0.2) is 4.79 Å².